The van der Waals surface area contributed by atoms with E-state index in [0.717, 1.165) is 24.6 Å². The SMILES string of the molecule is CC1CCC(c2noc(COc3cccc(N)c3)n2)CC1. The number of anilines is 1. The van der Waals surface area contributed by atoms with Crippen LogP contribution in [-0.4, -0.2) is 10.1 Å². The minimum Gasteiger partial charge on any atom is -0.484 e. The molecule has 1 aromatic carbocycles. The second-order valence-corrected chi connectivity index (χ2v) is 5.86. The zero-order chi connectivity index (χ0) is 14.7. The predicted molar refractivity (Wildman–Crippen MR) is 79.9 cm³/mol. The van der Waals surface area contributed by atoms with Gasteiger partial charge < -0.3 is 15.0 Å². The molecule has 0 aliphatic heterocycles. The molecule has 21 heavy (non-hydrogen) atoms. The summed E-state index contributed by atoms with van der Waals surface area (Å²) in [4.78, 5) is 4.46. The van der Waals surface area contributed by atoms with Gasteiger partial charge in [-0.2, -0.15) is 4.98 Å². The average Bonchev–Trinajstić information content (AvgIpc) is 2.95. The van der Waals surface area contributed by atoms with E-state index in [1.807, 2.05) is 18.2 Å². The minimum atomic E-state index is 0.277. The topological polar surface area (TPSA) is 74.2 Å². The monoisotopic (exact) mass is 287 g/mol. The van der Waals surface area contributed by atoms with Crippen LogP contribution in [0.4, 0.5) is 5.69 Å². The highest BCUT2D eigenvalue weighted by atomic mass is 16.5. The molecule has 1 aromatic heterocycles. The van der Waals surface area contributed by atoms with E-state index in [4.69, 9.17) is 15.0 Å². The smallest absolute Gasteiger partial charge is 0.264 e. The van der Waals surface area contributed by atoms with Crippen LogP contribution in [0.15, 0.2) is 28.8 Å². The minimum absolute atomic E-state index is 0.277. The Morgan fingerprint density at radius 1 is 1.29 bits per heavy atom. The quantitative estimate of drug-likeness (QED) is 0.871. The van der Waals surface area contributed by atoms with Crippen LogP contribution in [0.3, 0.4) is 0 Å². The summed E-state index contributed by atoms with van der Waals surface area (Å²) in [7, 11) is 0. The van der Waals surface area contributed by atoms with Crippen LogP contribution in [-0.2, 0) is 6.61 Å². The van der Waals surface area contributed by atoms with Crippen LogP contribution in [0.1, 0.15) is 50.2 Å². The third kappa shape index (κ3) is 3.54. The molecule has 1 aliphatic carbocycles. The van der Waals surface area contributed by atoms with Gasteiger partial charge in [-0.3, -0.25) is 0 Å². The molecular formula is C16H21N3O2. The van der Waals surface area contributed by atoms with Gasteiger partial charge >= 0.3 is 0 Å². The van der Waals surface area contributed by atoms with E-state index < -0.39 is 0 Å². The molecule has 0 radical (unpaired) electrons. The summed E-state index contributed by atoms with van der Waals surface area (Å²) in [5, 5.41) is 4.10. The van der Waals surface area contributed by atoms with E-state index in [-0.39, 0.29) is 6.61 Å². The van der Waals surface area contributed by atoms with E-state index in [1.54, 1.807) is 6.07 Å². The van der Waals surface area contributed by atoms with Crippen LogP contribution in [0.5, 0.6) is 5.75 Å². The van der Waals surface area contributed by atoms with E-state index in [1.165, 1.54) is 12.8 Å². The van der Waals surface area contributed by atoms with Crippen LogP contribution in [0, 0.1) is 5.92 Å². The Morgan fingerprint density at radius 3 is 2.86 bits per heavy atom. The zero-order valence-electron chi connectivity index (χ0n) is 12.3. The number of hydrogen-bond acceptors (Lipinski definition) is 5. The molecule has 1 heterocycles. The molecule has 5 nitrogen and oxygen atoms in total. The lowest BCUT2D eigenvalue weighted by atomic mass is 9.83. The normalized spacial score (nSPS) is 22.1. The molecule has 0 spiro atoms. The molecule has 2 aromatic rings. The van der Waals surface area contributed by atoms with Crippen molar-refractivity contribution >= 4 is 5.69 Å². The number of nitrogen functional groups attached to an aromatic ring is 1. The Bertz CT molecular complexity index is 589. The summed E-state index contributed by atoms with van der Waals surface area (Å²) in [5.41, 5.74) is 6.38. The molecule has 1 aliphatic rings. The first-order valence-electron chi connectivity index (χ1n) is 7.51. The third-order valence-electron chi connectivity index (χ3n) is 4.09. The molecule has 112 valence electrons. The number of hydrogen-bond donors (Lipinski definition) is 1. The average molecular weight is 287 g/mol. The first-order chi connectivity index (χ1) is 10.2. The molecule has 0 saturated heterocycles. The predicted octanol–water partition coefficient (Wildman–Crippen LogP) is 3.52. The van der Waals surface area contributed by atoms with Crippen molar-refractivity contribution in [3.8, 4) is 5.75 Å². The first kappa shape index (κ1) is 13.9. The summed E-state index contributed by atoms with van der Waals surface area (Å²) in [6, 6.07) is 7.31. The van der Waals surface area contributed by atoms with Gasteiger partial charge in [0.25, 0.3) is 5.89 Å². The lowest BCUT2D eigenvalue weighted by Gasteiger charge is -2.23. The third-order valence-corrected chi connectivity index (χ3v) is 4.09. The van der Waals surface area contributed by atoms with Crippen LogP contribution in [0.2, 0.25) is 0 Å². The summed E-state index contributed by atoms with van der Waals surface area (Å²) in [5.74, 6) is 3.31. The largest absolute Gasteiger partial charge is 0.484 e. The van der Waals surface area contributed by atoms with Crippen molar-refractivity contribution in [2.24, 2.45) is 5.92 Å². The Morgan fingerprint density at radius 2 is 2.10 bits per heavy atom. The van der Waals surface area contributed by atoms with Crippen molar-refractivity contribution in [1.29, 1.82) is 0 Å². The molecule has 1 saturated carbocycles. The van der Waals surface area contributed by atoms with Gasteiger partial charge in [0.05, 0.1) is 0 Å². The molecule has 2 N–H and O–H groups in total. The maximum absolute atomic E-state index is 5.71. The van der Waals surface area contributed by atoms with Gasteiger partial charge in [0.15, 0.2) is 12.4 Å². The Balaban J connectivity index is 1.58. The van der Waals surface area contributed by atoms with Crippen LogP contribution < -0.4 is 10.5 Å². The fourth-order valence-electron chi connectivity index (χ4n) is 2.76. The van der Waals surface area contributed by atoms with E-state index in [2.05, 4.69) is 17.1 Å². The lowest BCUT2D eigenvalue weighted by molar-refractivity contribution is 0.241. The highest BCUT2D eigenvalue weighted by Crippen LogP contribution is 2.34. The number of benzene rings is 1. The molecule has 5 heteroatoms. The fourth-order valence-corrected chi connectivity index (χ4v) is 2.76. The van der Waals surface area contributed by atoms with E-state index >= 15 is 0 Å². The molecule has 1 fully saturated rings. The van der Waals surface area contributed by atoms with Crippen LogP contribution in [0.25, 0.3) is 0 Å². The number of rotatable bonds is 4. The van der Waals surface area contributed by atoms with Gasteiger partial charge in [-0.05, 0) is 30.9 Å². The van der Waals surface area contributed by atoms with Crippen molar-refractivity contribution in [2.75, 3.05) is 5.73 Å². The summed E-state index contributed by atoms with van der Waals surface area (Å²) >= 11 is 0. The molecular weight excluding hydrogens is 266 g/mol. The highest BCUT2D eigenvalue weighted by molar-refractivity contribution is 5.43. The summed E-state index contributed by atoms with van der Waals surface area (Å²) < 4.78 is 10.9. The molecule has 0 amide bonds. The van der Waals surface area contributed by atoms with Gasteiger partial charge in [-0.1, -0.05) is 31.0 Å². The number of nitrogens with zero attached hydrogens (tertiary/aromatic N) is 2. The first-order valence-corrected chi connectivity index (χ1v) is 7.51. The number of ether oxygens (including phenoxy) is 1. The molecule has 0 atom stereocenters. The van der Waals surface area contributed by atoms with Gasteiger partial charge in [-0.15, -0.1) is 0 Å². The highest BCUT2D eigenvalue weighted by Gasteiger charge is 2.23. The summed E-state index contributed by atoms with van der Waals surface area (Å²) in [6.45, 7) is 2.58. The molecule has 0 bridgehead atoms. The van der Waals surface area contributed by atoms with Crippen molar-refractivity contribution in [2.45, 2.75) is 45.1 Å². The maximum atomic E-state index is 5.71. The van der Waals surface area contributed by atoms with E-state index in [0.29, 0.717) is 23.2 Å². The fraction of sp³-hybridized carbons (Fsp3) is 0.500. The van der Waals surface area contributed by atoms with Gasteiger partial charge in [0, 0.05) is 17.7 Å². The Kier molecular flexibility index (Phi) is 4.08. The lowest BCUT2D eigenvalue weighted by Crippen LogP contribution is -2.12. The van der Waals surface area contributed by atoms with Gasteiger partial charge in [-0.25, -0.2) is 0 Å². The standard InChI is InChI=1S/C16H21N3O2/c1-11-5-7-12(8-6-11)16-18-15(21-19-16)10-20-14-4-2-3-13(17)9-14/h2-4,9,11-12H,5-8,10,17H2,1H3. The molecule has 0 unspecified atom stereocenters. The van der Waals surface area contributed by atoms with Crippen molar-refractivity contribution < 1.29 is 9.26 Å². The van der Waals surface area contributed by atoms with Crippen LogP contribution >= 0.6 is 0 Å². The Hall–Kier alpha value is -2.04. The number of aromatic nitrogens is 2. The van der Waals surface area contributed by atoms with Gasteiger partial charge in [0.2, 0.25) is 0 Å². The zero-order valence-corrected chi connectivity index (χ0v) is 12.3. The molecule has 3 rings (SSSR count). The van der Waals surface area contributed by atoms with Crippen molar-refractivity contribution in [3.05, 3.63) is 36.0 Å². The van der Waals surface area contributed by atoms with Crippen molar-refractivity contribution in [3.63, 3.8) is 0 Å². The second-order valence-electron chi connectivity index (χ2n) is 5.86. The number of nitrogens with two attached hydrogens (primary N) is 1. The summed E-state index contributed by atoms with van der Waals surface area (Å²) in [6.07, 6.45) is 4.79. The maximum Gasteiger partial charge on any atom is 0.264 e. The Labute approximate surface area is 124 Å². The van der Waals surface area contributed by atoms with Crippen molar-refractivity contribution in [1.82, 2.24) is 10.1 Å². The van der Waals surface area contributed by atoms with E-state index in [9.17, 15) is 0 Å². The second kappa shape index (κ2) is 6.16. The van der Waals surface area contributed by atoms with Gasteiger partial charge in [0.1, 0.15) is 5.75 Å².